The molecule has 0 aromatic heterocycles. The lowest BCUT2D eigenvalue weighted by Gasteiger charge is -2.23. The first-order chi connectivity index (χ1) is 31.3. The van der Waals surface area contributed by atoms with Crippen LogP contribution >= 0.6 is 0 Å². The number of phenols is 15. The van der Waals surface area contributed by atoms with Gasteiger partial charge >= 0.3 is 23.9 Å². The number of benzene rings is 6. The van der Waals surface area contributed by atoms with Crippen molar-refractivity contribution in [3.8, 4) is 103 Å². The number of rotatable bonds is 11. The summed E-state index contributed by atoms with van der Waals surface area (Å²) in [5.41, 5.74) is -10.3. The van der Waals surface area contributed by atoms with Gasteiger partial charge in [-0.3, -0.25) is 9.59 Å². The zero-order valence-electron chi connectivity index (χ0n) is 32.6. The lowest BCUT2D eigenvalue weighted by Crippen LogP contribution is -2.24. The van der Waals surface area contributed by atoms with Crippen molar-refractivity contribution in [3.63, 3.8) is 0 Å². The summed E-state index contributed by atoms with van der Waals surface area (Å²) in [6.07, 6.45) is 0. The van der Waals surface area contributed by atoms with Crippen LogP contribution in [0.1, 0.15) is 73.3 Å². The Labute approximate surface area is 368 Å². The molecule has 0 saturated heterocycles. The van der Waals surface area contributed by atoms with E-state index in [1.165, 1.54) is 0 Å². The van der Waals surface area contributed by atoms with Crippen LogP contribution in [0.4, 0.5) is 0 Å². The van der Waals surface area contributed by atoms with E-state index in [2.05, 4.69) is 0 Å². The Morgan fingerprint density at radius 1 is 0.284 bits per heavy atom. The Hall–Kier alpha value is -10.5. The average molecular weight is 931 g/mol. The minimum atomic E-state index is -2.47. The molecule has 0 aliphatic heterocycles. The van der Waals surface area contributed by atoms with Gasteiger partial charge in [-0.05, 0) is 60.7 Å². The largest absolute Gasteiger partial charge is 0.504 e. The second kappa shape index (κ2) is 17.0. The SMILES string of the molecule is O=C(Oc1c(OC(=O)c2cc(O)c(O)c(O)c2)c(C(=O)c2cc(O)c(O)c(O)c2)c(C(=O)O)c(C(=O)c2cc(O)c(O)c(O)c2)c1OC(=O)c1cc(O)c(O)c(O)c1)c1cc(O)c(O)c(O)c1. The van der Waals surface area contributed by atoms with Crippen LogP contribution < -0.4 is 14.2 Å². The molecule has 344 valence electrons. The van der Waals surface area contributed by atoms with Gasteiger partial charge < -0.3 is 95.9 Å². The summed E-state index contributed by atoms with van der Waals surface area (Å²) in [6.45, 7) is 0. The van der Waals surface area contributed by atoms with Crippen molar-refractivity contribution in [1.29, 1.82) is 0 Å². The van der Waals surface area contributed by atoms with E-state index in [1.54, 1.807) is 0 Å². The van der Waals surface area contributed by atoms with Crippen molar-refractivity contribution in [2.75, 3.05) is 0 Å². The maximum Gasteiger partial charge on any atom is 0.344 e. The molecular formula is C42H26O25. The Balaban J connectivity index is 1.84. The fourth-order valence-corrected chi connectivity index (χ4v) is 6.00. The Kier molecular flexibility index (Phi) is 11.7. The Morgan fingerprint density at radius 2 is 0.478 bits per heavy atom. The molecule has 6 aromatic carbocycles. The molecule has 25 nitrogen and oxygen atoms in total. The van der Waals surface area contributed by atoms with E-state index in [4.69, 9.17) is 14.2 Å². The number of aromatic carboxylic acids is 1. The van der Waals surface area contributed by atoms with Crippen LogP contribution in [-0.4, -0.2) is 117 Å². The number of esters is 3. The van der Waals surface area contributed by atoms with Crippen LogP contribution in [-0.2, 0) is 0 Å². The molecule has 67 heavy (non-hydrogen) atoms. The molecule has 0 aliphatic rings. The molecule has 0 atom stereocenters. The number of hydrogen-bond acceptors (Lipinski definition) is 24. The standard InChI is InChI=1S/C42H26O25/c43-16-1-11(2-17(44)31(16)55)29(53)27-26(39(60)61)28(30(54)12-3-18(45)32(56)19(46)4-12)37(66-41(63)14-7-22(49)34(58)23(50)8-14)38(67-42(64)15-9-24(51)35(59)25(52)10-15)36(27)65-40(62)13-5-20(47)33(57)21(48)6-13/h1-10,43-52,55-59H,(H,60,61). The quantitative estimate of drug-likeness (QED) is 0.0384. The first kappa shape index (κ1) is 46.1. The van der Waals surface area contributed by atoms with Gasteiger partial charge in [0, 0.05) is 11.1 Å². The summed E-state index contributed by atoms with van der Waals surface area (Å²) in [7, 11) is 0. The molecule has 0 saturated carbocycles. The van der Waals surface area contributed by atoms with Crippen LogP contribution in [0.2, 0.25) is 0 Å². The number of phenolic OH excluding ortho intramolecular Hbond substituents is 15. The van der Waals surface area contributed by atoms with E-state index in [1.807, 2.05) is 0 Å². The summed E-state index contributed by atoms with van der Waals surface area (Å²) in [6, 6.07) is 3.93. The van der Waals surface area contributed by atoms with Gasteiger partial charge in [0.25, 0.3) is 0 Å². The number of ketones is 2. The first-order valence-corrected chi connectivity index (χ1v) is 17.8. The normalized spacial score (nSPS) is 10.8. The lowest BCUT2D eigenvalue weighted by atomic mass is 9.88. The highest BCUT2D eigenvalue weighted by Crippen LogP contribution is 2.51. The molecule has 0 bridgehead atoms. The smallest absolute Gasteiger partial charge is 0.344 e. The number of carboxylic acids is 1. The maximum absolute atomic E-state index is 14.7. The van der Waals surface area contributed by atoms with Gasteiger partial charge in [0.2, 0.25) is 5.75 Å². The number of aromatic hydroxyl groups is 15. The zero-order chi connectivity index (χ0) is 49.7. The van der Waals surface area contributed by atoms with E-state index >= 15 is 0 Å². The highest BCUT2D eigenvalue weighted by molar-refractivity contribution is 6.25. The molecule has 0 amide bonds. The van der Waals surface area contributed by atoms with Gasteiger partial charge in [-0.15, -0.1) is 0 Å². The molecule has 6 aromatic rings. The van der Waals surface area contributed by atoms with Crippen LogP contribution in [0.5, 0.6) is 103 Å². The fourth-order valence-electron chi connectivity index (χ4n) is 6.00. The van der Waals surface area contributed by atoms with Gasteiger partial charge in [-0.25, -0.2) is 19.2 Å². The predicted molar refractivity (Wildman–Crippen MR) is 212 cm³/mol. The highest BCUT2D eigenvalue weighted by Gasteiger charge is 2.41. The van der Waals surface area contributed by atoms with Crippen molar-refractivity contribution in [1.82, 2.24) is 0 Å². The predicted octanol–water partition coefficient (Wildman–Crippen LogP) is 3.09. The van der Waals surface area contributed by atoms with Gasteiger partial charge in [0.05, 0.1) is 33.4 Å². The molecule has 0 radical (unpaired) electrons. The number of hydrogen-bond donors (Lipinski definition) is 16. The fraction of sp³-hybridized carbons (Fsp3) is 0. The molecule has 25 heteroatoms. The van der Waals surface area contributed by atoms with Crippen molar-refractivity contribution in [2.24, 2.45) is 0 Å². The third-order valence-corrected chi connectivity index (χ3v) is 9.20. The zero-order valence-corrected chi connectivity index (χ0v) is 32.6. The third kappa shape index (κ3) is 8.42. The molecular weight excluding hydrogens is 904 g/mol. The van der Waals surface area contributed by atoms with Crippen molar-refractivity contribution in [2.45, 2.75) is 0 Å². The van der Waals surface area contributed by atoms with E-state index < -0.39 is 183 Å². The number of carboxylic acid groups (broad SMARTS) is 1. The summed E-state index contributed by atoms with van der Waals surface area (Å²) < 4.78 is 16.1. The summed E-state index contributed by atoms with van der Waals surface area (Å²) in [5.74, 6) is -35.9. The van der Waals surface area contributed by atoms with Crippen molar-refractivity contribution in [3.05, 3.63) is 105 Å². The lowest BCUT2D eigenvalue weighted by molar-refractivity contribution is 0.0641. The van der Waals surface area contributed by atoms with Crippen LogP contribution in [0.25, 0.3) is 0 Å². The maximum atomic E-state index is 14.7. The van der Waals surface area contributed by atoms with Gasteiger partial charge in [-0.2, -0.15) is 0 Å². The van der Waals surface area contributed by atoms with E-state index in [9.17, 15) is 110 Å². The van der Waals surface area contributed by atoms with E-state index in [0.29, 0.717) is 60.7 Å². The third-order valence-electron chi connectivity index (χ3n) is 9.20. The monoisotopic (exact) mass is 930 g/mol. The van der Waals surface area contributed by atoms with Crippen LogP contribution in [0.15, 0.2) is 60.7 Å². The molecule has 0 heterocycles. The molecule has 0 aliphatic carbocycles. The number of ether oxygens (including phenoxy) is 3. The molecule has 0 unspecified atom stereocenters. The minimum Gasteiger partial charge on any atom is -0.504 e. The number of carbonyl (C=O) groups is 6. The average Bonchev–Trinajstić information content (AvgIpc) is 3.26. The Morgan fingerprint density at radius 3 is 0.687 bits per heavy atom. The summed E-state index contributed by atoms with van der Waals surface area (Å²) >= 11 is 0. The molecule has 6 rings (SSSR count). The second-order valence-corrected chi connectivity index (χ2v) is 13.6. The molecule has 0 fully saturated rings. The van der Waals surface area contributed by atoms with Gasteiger partial charge in [-0.1, -0.05) is 0 Å². The Bertz CT molecular complexity index is 2900. The second-order valence-electron chi connectivity index (χ2n) is 13.6. The van der Waals surface area contributed by atoms with E-state index in [0.717, 1.165) is 0 Å². The number of carbonyl (C=O) groups excluding carboxylic acids is 5. The van der Waals surface area contributed by atoms with Crippen LogP contribution in [0.3, 0.4) is 0 Å². The minimum absolute atomic E-state index is 0.369. The topological polar surface area (TPSA) is 454 Å². The van der Waals surface area contributed by atoms with Gasteiger partial charge in [0.1, 0.15) is 0 Å². The summed E-state index contributed by atoms with van der Waals surface area (Å²) in [4.78, 5) is 84.9. The van der Waals surface area contributed by atoms with Gasteiger partial charge in [0.15, 0.2) is 109 Å². The summed E-state index contributed by atoms with van der Waals surface area (Å²) in [5, 5.41) is 163. The molecule has 16 N–H and O–H groups in total. The van der Waals surface area contributed by atoms with Crippen LogP contribution in [0, 0.1) is 0 Å². The molecule has 0 spiro atoms. The van der Waals surface area contributed by atoms with Crippen molar-refractivity contribution >= 4 is 35.4 Å². The van der Waals surface area contributed by atoms with E-state index in [-0.39, 0.29) is 0 Å². The van der Waals surface area contributed by atoms with Crippen molar-refractivity contribution < 1.29 is 125 Å². The first-order valence-electron chi connectivity index (χ1n) is 17.8. The highest BCUT2D eigenvalue weighted by atomic mass is 16.6.